The predicted molar refractivity (Wildman–Crippen MR) is 61.7 cm³/mol. The lowest BCUT2D eigenvalue weighted by Crippen LogP contribution is -2.15. The molecule has 0 aromatic heterocycles. The lowest BCUT2D eigenvalue weighted by Gasteiger charge is -2.18. The molecule has 0 spiro atoms. The van der Waals surface area contributed by atoms with E-state index in [4.69, 9.17) is 9.47 Å². The molecule has 2 aromatic rings. The highest BCUT2D eigenvalue weighted by Crippen LogP contribution is 2.34. The van der Waals surface area contributed by atoms with Gasteiger partial charge in [0, 0.05) is 0 Å². The van der Waals surface area contributed by atoms with Crippen molar-refractivity contribution in [2.45, 2.75) is 0 Å². The first-order valence-electron chi connectivity index (χ1n) is 5.29. The summed E-state index contributed by atoms with van der Waals surface area (Å²) in [6.45, 7) is 1.26. The van der Waals surface area contributed by atoms with E-state index in [1.807, 2.05) is 42.5 Å². The Balaban J connectivity index is 2.03. The monoisotopic (exact) mass is 211 g/mol. The molecule has 0 saturated carbocycles. The Kier molecular flexibility index (Phi) is 2.26. The summed E-state index contributed by atoms with van der Waals surface area (Å²) < 4.78 is 11.0. The van der Waals surface area contributed by atoms with Crippen molar-refractivity contribution >= 4 is 0 Å². The highest BCUT2D eigenvalue weighted by atomic mass is 16.6. The van der Waals surface area contributed by atoms with Crippen molar-refractivity contribution in [3.8, 4) is 22.6 Å². The lowest BCUT2D eigenvalue weighted by molar-refractivity contribution is 0.171. The van der Waals surface area contributed by atoms with Crippen LogP contribution in [0.15, 0.2) is 42.5 Å². The molecule has 0 unspecified atom stereocenters. The molecule has 0 amide bonds. The Labute approximate surface area is 94.4 Å². The van der Waals surface area contributed by atoms with E-state index in [9.17, 15) is 0 Å². The Bertz CT molecular complexity index is 491. The summed E-state index contributed by atoms with van der Waals surface area (Å²) >= 11 is 0. The molecule has 2 aromatic carbocycles. The van der Waals surface area contributed by atoms with Gasteiger partial charge in [0.1, 0.15) is 13.2 Å². The number of hydrogen-bond acceptors (Lipinski definition) is 2. The minimum Gasteiger partial charge on any atom is -0.486 e. The second-order valence-corrected chi connectivity index (χ2v) is 3.65. The maximum Gasteiger partial charge on any atom is 0.161 e. The van der Waals surface area contributed by atoms with E-state index >= 15 is 0 Å². The van der Waals surface area contributed by atoms with Gasteiger partial charge in [-0.3, -0.25) is 0 Å². The maximum absolute atomic E-state index is 5.55. The highest BCUT2D eigenvalue weighted by molar-refractivity contribution is 5.67. The van der Waals surface area contributed by atoms with Crippen molar-refractivity contribution in [3.05, 3.63) is 48.5 Å². The fourth-order valence-corrected chi connectivity index (χ4v) is 1.80. The first kappa shape index (κ1) is 9.28. The Morgan fingerprint density at radius 2 is 1.56 bits per heavy atom. The molecule has 0 fully saturated rings. The van der Waals surface area contributed by atoms with Crippen LogP contribution in [0.25, 0.3) is 11.1 Å². The van der Waals surface area contributed by atoms with Crippen molar-refractivity contribution in [1.29, 1.82) is 0 Å². The third-order valence-corrected chi connectivity index (χ3v) is 2.59. The highest BCUT2D eigenvalue weighted by Gasteiger charge is 2.11. The summed E-state index contributed by atoms with van der Waals surface area (Å²) in [4.78, 5) is 0. The number of ether oxygens (including phenoxy) is 2. The Morgan fingerprint density at radius 3 is 2.38 bits per heavy atom. The van der Waals surface area contributed by atoms with Gasteiger partial charge in [0.25, 0.3) is 0 Å². The van der Waals surface area contributed by atoms with Gasteiger partial charge in [0.15, 0.2) is 11.5 Å². The molecule has 1 aliphatic rings. The second-order valence-electron chi connectivity index (χ2n) is 3.65. The summed E-state index contributed by atoms with van der Waals surface area (Å²) in [5, 5.41) is 0. The van der Waals surface area contributed by atoms with Crippen LogP contribution >= 0.6 is 0 Å². The van der Waals surface area contributed by atoms with E-state index < -0.39 is 0 Å². The minimum atomic E-state index is 0.624. The molecule has 2 heteroatoms. The largest absolute Gasteiger partial charge is 0.486 e. The van der Waals surface area contributed by atoms with Crippen LogP contribution in [-0.4, -0.2) is 13.2 Å². The zero-order valence-electron chi connectivity index (χ0n) is 8.77. The van der Waals surface area contributed by atoms with Crippen LogP contribution in [0.1, 0.15) is 0 Å². The molecule has 2 nitrogen and oxygen atoms in total. The third-order valence-electron chi connectivity index (χ3n) is 2.59. The van der Waals surface area contributed by atoms with Gasteiger partial charge in [-0.05, 0) is 29.3 Å². The summed E-state index contributed by atoms with van der Waals surface area (Å²) in [5.74, 6) is 1.66. The van der Waals surface area contributed by atoms with Crippen molar-refractivity contribution < 1.29 is 9.47 Å². The molecule has 1 aliphatic heterocycles. The van der Waals surface area contributed by atoms with Crippen LogP contribution in [0.5, 0.6) is 11.5 Å². The molecule has 0 N–H and O–H groups in total. The van der Waals surface area contributed by atoms with E-state index in [0.717, 1.165) is 22.6 Å². The van der Waals surface area contributed by atoms with Crippen molar-refractivity contribution in [2.75, 3.05) is 13.2 Å². The SMILES string of the molecule is [c]1ccc(-c2ccc3c(c2)OCCO3)cc1. The number of benzene rings is 2. The van der Waals surface area contributed by atoms with E-state index in [1.54, 1.807) is 0 Å². The lowest BCUT2D eigenvalue weighted by atomic mass is 10.1. The quantitative estimate of drug-likeness (QED) is 0.722. The van der Waals surface area contributed by atoms with Crippen molar-refractivity contribution in [2.24, 2.45) is 0 Å². The first-order valence-corrected chi connectivity index (χ1v) is 5.29. The van der Waals surface area contributed by atoms with Crippen LogP contribution in [0.3, 0.4) is 0 Å². The molecular weight excluding hydrogens is 200 g/mol. The van der Waals surface area contributed by atoms with E-state index in [2.05, 4.69) is 6.07 Å². The van der Waals surface area contributed by atoms with Gasteiger partial charge in [0.2, 0.25) is 0 Å². The van der Waals surface area contributed by atoms with Gasteiger partial charge in [-0.1, -0.05) is 30.3 Å². The Morgan fingerprint density at radius 1 is 0.812 bits per heavy atom. The topological polar surface area (TPSA) is 18.5 Å². The number of hydrogen-bond donors (Lipinski definition) is 0. The van der Waals surface area contributed by atoms with Gasteiger partial charge in [0.05, 0.1) is 0 Å². The van der Waals surface area contributed by atoms with Crippen LogP contribution in [-0.2, 0) is 0 Å². The summed E-state index contributed by atoms with van der Waals surface area (Å²) in [6.07, 6.45) is 0. The van der Waals surface area contributed by atoms with Crippen LogP contribution in [0.4, 0.5) is 0 Å². The molecule has 0 atom stereocenters. The molecule has 0 aliphatic carbocycles. The molecule has 1 radical (unpaired) electrons. The first-order chi connectivity index (χ1) is 7.93. The van der Waals surface area contributed by atoms with E-state index in [0.29, 0.717) is 13.2 Å². The molecular formula is C14H11O2. The molecule has 1 heterocycles. The second kappa shape index (κ2) is 3.89. The fourth-order valence-electron chi connectivity index (χ4n) is 1.80. The average molecular weight is 211 g/mol. The predicted octanol–water partition coefficient (Wildman–Crippen LogP) is 2.92. The standard InChI is InChI=1S/C14H11O2/c1-2-4-11(5-3-1)12-6-7-13-14(10-12)16-9-8-15-13/h2-7,10H,8-9H2. The zero-order valence-corrected chi connectivity index (χ0v) is 8.77. The van der Waals surface area contributed by atoms with Gasteiger partial charge in [-0.15, -0.1) is 0 Å². The normalized spacial score (nSPS) is 13.5. The fraction of sp³-hybridized carbons (Fsp3) is 0.143. The minimum absolute atomic E-state index is 0.624. The summed E-state index contributed by atoms with van der Waals surface area (Å²) in [7, 11) is 0. The van der Waals surface area contributed by atoms with E-state index in [1.165, 1.54) is 0 Å². The maximum atomic E-state index is 5.55. The smallest absolute Gasteiger partial charge is 0.161 e. The van der Waals surface area contributed by atoms with Gasteiger partial charge in [-0.25, -0.2) is 0 Å². The van der Waals surface area contributed by atoms with Crippen LogP contribution in [0, 0.1) is 6.07 Å². The molecule has 16 heavy (non-hydrogen) atoms. The molecule has 0 saturated heterocycles. The van der Waals surface area contributed by atoms with Gasteiger partial charge in [-0.2, -0.15) is 0 Å². The van der Waals surface area contributed by atoms with Gasteiger partial charge >= 0.3 is 0 Å². The summed E-state index contributed by atoms with van der Waals surface area (Å²) in [5.41, 5.74) is 2.30. The third kappa shape index (κ3) is 1.63. The van der Waals surface area contributed by atoms with E-state index in [-0.39, 0.29) is 0 Å². The number of fused-ring (bicyclic) bond motifs is 1. The molecule has 79 valence electrons. The van der Waals surface area contributed by atoms with Crippen molar-refractivity contribution in [1.82, 2.24) is 0 Å². The average Bonchev–Trinajstić information content (AvgIpc) is 2.39. The van der Waals surface area contributed by atoms with Crippen LogP contribution in [0.2, 0.25) is 0 Å². The Hall–Kier alpha value is -1.96. The molecule has 3 rings (SSSR count). The van der Waals surface area contributed by atoms with Crippen molar-refractivity contribution in [3.63, 3.8) is 0 Å². The summed E-state index contributed by atoms with van der Waals surface area (Å²) in [6, 6.07) is 16.9. The number of rotatable bonds is 1. The van der Waals surface area contributed by atoms with Gasteiger partial charge < -0.3 is 9.47 Å². The molecule has 0 bridgehead atoms. The zero-order chi connectivity index (χ0) is 10.8. The van der Waals surface area contributed by atoms with Crippen LogP contribution < -0.4 is 9.47 Å².